The van der Waals surface area contributed by atoms with Crippen LogP contribution < -0.4 is 5.32 Å². The third kappa shape index (κ3) is 2.04. The number of amides is 1. The summed E-state index contributed by atoms with van der Waals surface area (Å²) in [5.74, 6) is 0.188. The van der Waals surface area contributed by atoms with Crippen molar-refractivity contribution in [3.8, 4) is 0 Å². The summed E-state index contributed by atoms with van der Waals surface area (Å²) in [6, 6.07) is 0. The van der Waals surface area contributed by atoms with Crippen LogP contribution >= 0.6 is 0 Å². The van der Waals surface area contributed by atoms with Crippen LogP contribution in [0.2, 0.25) is 0 Å². The standard InChI is InChI=1S/C12H20N2O3/c1-8(15)13-12(11(16)17-3)5-9-4-10(12)7-14(2)6-9/h9-10H,4-7H2,1-3H3,(H,13,15)/t9-,10-,12+/m0/s1. The number of fused-ring (bicyclic) bond motifs is 2. The molecule has 0 aromatic rings. The first kappa shape index (κ1) is 12.4. The van der Waals surface area contributed by atoms with Gasteiger partial charge in [0.15, 0.2) is 0 Å². The van der Waals surface area contributed by atoms with Gasteiger partial charge in [-0.05, 0) is 25.8 Å². The fourth-order valence-electron chi connectivity index (χ4n) is 3.52. The number of methoxy groups -OCH3 is 1. The fraction of sp³-hybridized carbons (Fsp3) is 0.833. The number of carbonyl (C=O) groups excluding carboxylic acids is 2. The van der Waals surface area contributed by atoms with E-state index in [2.05, 4.69) is 17.3 Å². The molecule has 2 aliphatic rings. The number of esters is 1. The topological polar surface area (TPSA) is 58.6 Å². The smallest absolute Gasteiger partial charge is 0.331 e. The van der Waals surface area contributed by atoms with Crippen molar-refractivity contribution in [1.29, 1.82) is 0 Å². The quantitative estimate of drug-likeness (QED) is 0.691. The van der Waals surface area contributed by atoms with Crippen molar-refractivity contribution in [3.63, 3.8) is 0 Å². The molecule has 1 amide bonds. The van der Waals surface area contributed by atoms with Gasteiger partial charge in [0.2, 0.25) is 5.91 Å². The van der Waals surface area contributed by atoms with Crippen LogP contribution in [0.3, 0.4) is 0 Å². The summed E-state index contributed by atoms with van der Waals surface area (Å²) in [6.45, 7) is 3.29. The maximum atomic E-state index is 12.1. The van der Waals surface area contributed by atoms with Gasteiger partial charge in [-0.3, -0.25) is 4.79 Å². The second-order valence-corrected chi connectivity index (χ2v) is 5.37. The minimum atomic E-state index is -0.796. The molecule has 2 bridgehead atoms. The van der Waals surface area contributed by atoms with E-state index in [1.807, 2.05) is 0 Å². The zero-order valence-electron chi connectivity index (χ0n) is 10.7. The van der Waals surface area contributed by atoms with Crippen molar-refractivity contribution in [2.24, 2.45) is 11.8 Å². The lowest BCUT2D eigenvalue weighted by Crippen LogP contribution is -2.58. The summed E-state index contributed by atoms with van der Waals surface area (Å²) >= 11 is 0. The molecule has 1 aliphatic heterocycles. The molecule has 96 valence electrons. The number of rotatable bonds is 2. The summed E-state index contributed by atoms with van der Waals surface area (Å²) in [5, 5.41) is 2.86. The zero-order valence-corrected chi connectivity index (χ0v) is 10.7. The molecule has 0 spiro atoms. The number of likely N-dealkylation sites (tertiary alicyclic amines) is 1. The molecular weight excluding hydrogens is 220 g/mol. The van der Waals surface area contributed by atoms with E-state index in [1.165, 1.54) is 14.0 Å². The Hall–Kier alpha value is -1.10. The molecule has 1 N–H and O–H groups in total. The predicted molar refractivity (Wildman–Crippen MR) is 62.3 cm³/mol. The average Bonchev–Trinajstić information content (AvgIpc) is 2.49. The minimum Gasteiger partial charge on any atom is -0.467 e. The van der Waals surface area contributed by atoms with Gasteiger partial charge in [0.05, 0.1) is 7.11 Å². The zero-order chi connectivity index (χ0) is 12.6. The highest BCUT2D eigenvalue weighted by atomic mass is 16.5. The molecule has 17 heavy (non-hydrogen) atoms. The molecular formula is C12H20N2O3. The van der Waals surface area contributed by atoms with Crippen molar-refractivity contribution in [1.82, 2.24) is 10.2 Å². The van der Waals surface area contributed by atoms with E-state index in [0.717, 1.165) is 19.5 Å². The summed E-state index contributed by atoms with van der Waals surface area (Å²) < 4.78 is 4.91. The van der Waals surface area contributed by atoms with Crippen molar-refractivity contribution in [3.05, 3.63) is 0 Å². The molecule has 1 saturated carbocycles. The second kappa shape index (κ2) is 4.29. The summed E-state index contributed by atoms with van der Waals surface area (Å²) in [7, 11) is 3.44. The molecule has 1 aliphatic carbocycles. The van der Waals surface area contributed by atoms with Gasteiger partial charge in [-0.2, -0.15) is 0 Å². The van der Waals surface area contributed by atoms with Crippen molar-refractivity contribution < 1.29 is 14.3 Å². The highest BCUT2D eigenvalue weighted by Crippen LogP contribution is 2.44. The predicted octanol–water partition coefficient (Wildman–Crippen LogP) is 0.00590. The lowest BCUT2D eigenvalue weighted by Gasteiger charge is -2.35. The average molecular weight is 240 g/mol. The van der Waals surface area contributed by atoms with Crippen molar-refractivity contribution in [2.75, 3.05) is 27.2 Å². The molecule has 1 heterocycles. The number of piperidine rings is 1. The van der Waals surface area contributed by atoms with Gasteiger partial charge in [-0.25, -0.2) is 4.79 Å². The molecule has 0 unspecified atom stereocenters. The number of hydrogen-bond donors (Lipinski definition) is 1. The summed E-state index contributed by atoms with van der Waals surface area (Å²) in [6.07, 6.45) is 1.70. The molecule has 2 rings (SSSR count). The monoisotopic (exact) mass is 240 g/mol. The Balaban J connectivity index is 2.28. The molecule has 0 aromatic carbocycles. The number of nitrogens with one attached hydrogen (secondary N) is 1. The van der Waals surface area contributed by atoms with E-state index in [-0.39, 0.29) is 17.8 Å². The lowest BCUT2D eigenvalue weighted by atomic mass is 9.86. The first-order valence-corrected chi connectivity index (χ1v) is 6.03. The van der Waals surface area contributed by atoms with Crippen LogP contribution in [0, 0.1) is 11.8 Å². The maximum Gasteiger partial charge on any atom is 0.331 e. The fourth-order valence-corrected chi connectivity index (χ4v) is 3.52. The van der Waals surface area contributed by atoms with Gasteiger partial charge in [-0.1, -0.05) is 0 Å². The second-order valence-electron chi connectivity index (χ2n) is 5.37. The lowest BCUT2D eigenvalue weighted by molar-refractivity contribution is -0.152. The first-order valence-electron chi connectivity index (χ1n) is 6.03. The highest BCUT2D eigenvalue weighted by Gasteiger charge is 2.56. The molecule has 5 heteroatoms. The Bertz CT molecular complexity index is 345. The van der Waals surface area contributed by atoms with Crippen LogP contribution in [-0.4, -0.2) is 49.6 Å². The van der Waals surface area contributed by atoms with Gasteiger partial charge in [0.25, 0.3) is 0 Å². The maximum absolute atomic E-state index is 12.1. The number of carbonyl (C=O) groups is 2. The largest absolute Gasteiger partial charge is 0.467 e. The number of ether oxygens (including phenoxy) is 1. The van der Waals surface area contributed by atoms with Crippen LogP contribution in [0.25, 0.3) is 0 Å². The Labute approximate surface area is 101 Å². The molecule has 0 radical (unpaired) electrons. The Morgan fingerprint density at radius 1 is 1.41 bits per heavy atom. The van der Waals surface area contributed by atoms with Crippen molar-refractivity contribution in [2.45, 2.75) is 25.3 Å². The third-order valence-electron chi connectivity index (χ3n) is 3.98. The van der Waals surface area contributed by atoms with Crippen LogP contribution in [0.5, 0.6) is 0 Å². The summed E-state index contributed by atoms with van der Waals surface area (Å²) in [5.41, 5.74) is -0.796. The van der Waals surface area contributed by atoms with Gasteiger partial charge in [-0.15, -0.1) is 0 Å². The first-order chi connectivity index (χ1) is 7.98. The van der Waals surface area contributed by atoms with Gasteiger partial charge in [0.1, 0.15) is 5.54 Å². The van der Waals surface area contributed by atoms with Gasteiger partial charge >= 0.3 is 5.97 Å². The van der Waals surface area contributed by atoms with Crippen LogP contribution in [0.15, 0.2) is 0 Å². The molecule has 5 nitrogen and oxygen atoms in total. The minimum absolute atomic E-state index is 0.161. The summed E-state index contributed by atoms with van der Waals surface area (Å²) in [4.78, 5) is 25.7. The van der Waals surface area contributed by atoms with E-state index in [4.69, 9.17) is 4.74 Å². The van der Waals surface area contributed by atoms with E-state index < -0.39 is 5.54 Å². The van der Waals surface area contributed by atoms with E-state index in [1.54, 1.807) is 0 Å². The van der Waals surface area contributed by atoms with Crippen molar-refractivity contribution >= 4 is 11.9 Å². The Morgan fingerprint density at radius 3 is 2.71 bits per heavy atom. The van der Waals surface area contributed by atoms with E-state index in [0.29, 0.717) is 12.3 Å². The molecule has 1 saturated heterocycles. The van der Waals surface area contributed by atoms with E-state index >= 15 is 0 Å². The third-order valence-corrected chi connectivity index (χ3v) is 3.98. The van der Waals surface area contributed by atoms with Crippen LogP contribution in [0.1, 0.15) is 19.8 Å². The normalized spacial score (nSPS) is 36.6. The number of hydrogen-bond acceptors (Lipinski definition) is 4. The SMILES string of the molecule is COC(=O)[C@@]1(NC(C)=O)C[C@@H]2C[C@H]1CN(C)C2. The molecule has 2 fully saturated rings. The Kier molecular flexibility index (Phi) is 3.12. The van der Waals surface area contributed by atoms with E-state index in [9.17, 15) is 9.59 Å². The molecule has 3 atom stereocenters. The van der Waals surface area contributed by atoms with Gasteiger partial charge in [0, 0.05) is 25.9 Å². The van der Waals surface area contributed by atoms with Crippen LogP contribution in [0.4, 0.5) is 0 Å². The number of nitrogens with zero attached hydrogens (tertiary/aromatic N) is 1. The van der Waals surface area contributed by atoms with Crippen LogP contribution in [-0.2, 0) is 14.3 Å². The van der Waals surface area contributed by atoms with Gasteiger partial charge < -0.3 is 15.0 Å². The Morgan fingerprint density at radius 2 is 2.12 bits per heavy atom. The molecule has 0 aromatic heterocycles. The highest BCUT2D eigenvalue weighted by molar-refractivity contribution is 5.88.